The molecule has 112 valence electrons. The summed E-state index contributed by atoms with van der Waals surface area (Å²) in [5.74, 6) is -1.43. The topological polar surface area (TPSA) is 108 Å². The molecule has 3 N–H and O–H groups in total. The van der Waals surface area contributed by atoms with Crippen LogP contribution >= 0.6 is 0 Å². The third-order valence-electron chi connectivity index (χ3n) is 2.72. The fourth-order valence-electron chi connectivity index (χ4n) is 1.72. The van der Waals surface area contributed by atoms with Gasteiger partial charge in [0.25, 0.3) is 5.91 Å². The van der Waals surface area contributed by atoms with Crippen molar-refractivity contribution in [1.82, 2.24) is 4.98 Å². The van der Waals surface area contributed by atoms with Gasteiger partial charge < -0.3 is 15.7 Å². The second-order valence-electron chi connectivity index (χ2n) is 4.45. The molecule has 0 spiro atoms. The Balaban J connectivity index is 2.11. The Morgan fingerprint density at radius 1 is 1.00 bits per heavy atom. The first-order valence-corrected chi connectivity index (χ1v) is 6.34. The predicted molar refractivity (Wildman–Crippen MR) is 79.9 cm³/mol. The Bertz CT molecular complexity index is 726. The van der Waals surface area contributed by atoms with E-state index in [0.29, 0.717) is 11.3 Å². The summed E-state index contributed by atoms with van der Waals surface area (Å²) >= 11 is 0. The summed E-state index contributed by atoms with van der Waals surface area (Å²) in [6, 6.07) is 8.74. The van der Waals surface area contributed by atoms with E-state index < -0.39 is 11.9 Å². The number of pyridine rings is 1. The molecule has 0 aliphatic carbocycles. The van der Waals surface area contributed by atoms with Gasteiger partial charge in [0.15, 0.2) is 0 Å². The summed E-state index contributed by atoms with van der Waals surface area (Å²) in [7, 11) is 0. The van der Waals surface area contributed by atoms with Gasteiger partial charge in [-0.05, 0) is 36.4 Å². The summed E-state index contributed by atoms with van der Waals surface area (Å²) in [6.07, 6.45) is 1.41. The van der Waals surface area contributed by atoms with Crippen molar-refractivity contribution in [2.45, 2.75) is 6.92 Å². The molecule has 1 aromatic heterocycles. The number of hydrogen-bond acceptors (Lipinski definition) is 4. The van der Waals surface area contributed by atoms with Gasteiger partial charge in [0, 0.05) is 24.4 Å². The van der Waals surface area contributed by atoms with E-state index in [2.05, 4.69) is 15.6 Å². The van der Waals surface area contributed by atoms with E-state index in [1.54, 1.807) is 0 Å². The molecule has 7 heteroatoms. The molecule has 22 heavy (non-hydrogen) atoms. The van der Waals surface area contributed by atoms with Crippen LogP contribution < -0.4 is 10.6 Å². The zero-order chi connectivity index (χ0) is 16.1. The number of carbonyl (C=O) groups excluding carboxylic acids is 2. The third-order valence-corrected chi connectivity index (χ3v) is 2.72. The molecule has 0 fully saturated rings. The maximum atomic E-state index is 12.1. The number of nitrogens with zero attached hydrogens (tertiary/aromatic N) is 1. The lowest BCUT2D eigenvalue weighted by atomic mass is 10.2. The van der Waals surface area contributed by atoms with E-state index >= 15 is 0 Å². The molecule has 1 aromatic carbocycles. The number of benzene rings is 1. The standard InChI is InChI=1S/C15H13N3O4/c1-9(19)17-13-8-11(6-7-16-13)14(20)18-12-4-2-10(3-5-12)15(21)22/h2-8H,1H3,(H,18,20)(H,21,22)(H,16,17,19). The van der Waals surface area contributed by atoms with E-state index in [0.717, 1.165) is 0 Å². The van der Waals surface area contributed by atoms with Crippen LogP contribution in [0, 0.1) is 0 Å². The largest absolute Gasteiger partial charge is 0.478 e. The number of aromatic nitrogens is 1. The second kappa shape index (κ2) is 6.49. The van der Waals surface area contributed by atoms with Crippen molar-refractivity contribution >= 4 is 29.3 Å². The summed E-state index contributed by atoms with van der Waals surface area (Å²) in [5, 5.41) is 13.9. The molecule has 0 unspecified atom stereocenters. The minimum Gasteiger partial charge on any atom is -0.478 e. The Morgan fingerprint density at radius 3 is 2.27 bits per heavy atom. The van der Waals surface area contributed by atoms with Crippen LogP contribution in [-0.4, -0.2) is 27.9 Å². The van der Waals surface area contributed by atoms with Gasteiger partial charge in [-0.3, -0.25) is 9.59 Å². The molecule has 2 aromatic rings. The van der Waals surface area contributed by atoms with Gasteiger partial charge in [0.05, 0.1) is 5.56 Å². The van der Waals surface area contributed by atoms with E-state index in [9.17, 15) is 14.4 Å². The van der Waals surface area contributed by atoms with Crippen molar-refractivity contribution in [3.05, 3.63) is 53.7 Å². The van der Waals surface area contributed by atoms with Gasteiger partial charge in [-0.25, -0.2) is 9.78 Å². The van der Waals surface area contributed by atoms with Crippen LogP contribution in [0.2, 0.25) is 0 Å². The Labute approximate surface area is 126 Å². The Hall–Kier alpha value is -3.22. The molecule has 0 saturated carbocycles. The van der Waals surface area contributed by atoms with Crippen LogP contribution in [-0.2, 0) is 4.79 Å². The fraction of sp³-hybridized carbons (Fsp3) is 0.0667. The smallest absolute Gasteiger partial charge is 0.335 e. The first-order chi connectivity index (χ1) is 10.5. The zero-order valence-electron chi connectivity index (χ0n) is 11.7. The number of carboxylic acid groups (broad SMARTS) is 1. The van der Waals surface area contributed by atoms with Crippen molar-refractivity contribution in [2.75, 3.05) is 10.6 Å². The quantitative estimate of drug-likeness (QED) is 0.800. The van der Waals surface area contributed by atoms with Crippen LogP contribution in [0.4, 0.5) is 11.5 Å². The number of anilines is 2. The van der Waals surface area contributed by atoms with Crippen LogP contribution in [0.5, 0.6) is 0 Å². The SMILES string of the molecule is CC(=O)Nc1cc(C(=O)Nc2ccc(C(=O)O)cc2)ccn1. The molecule has 2 rings (SSSR count). The average molecular weight is 299 g/mol. The normalized spacial score (nSPS) is 9.86. The highest BCUT2D eigenvalue weighted by molar-refractivity contribution is 6.05. The van der Waals surface area contributed by atoms with Gasteiger partial charge in [0.1, 0.15) is 5.82 Å². The van der Waals surface area contributed by atoms with E-state index in [-0.39, 0.29) is 17.3 Å². The van der Waals surface area contributed by atoms with Crippen molar-refractivity contribution in [3.8, 4) is 0 Å². The number of amides is 2. The number of nitrogens with one attached hydrogen (secondary N) is 2. The molecule has 0 bridgehead atoms. The van der Waals surface area contributed by atoms with Crippen LogP contribution in [0.15, 0.2) is 42.6 Å². The molecule has 2 amide bonds. The highest BCUT2D eigenvalue weighted by atomic mass is 16.4. The maximum Gasteiger partial charge on any atom is 0.335 e. The van der Waals surface area contributed by atoms with Gasteiger partial charge >= 0.3 is 5.97 Å². The molecule has 0 radical (unpaired) electrons. The first-order valence-electron chi connectivity index (χ1n) is 6.34. The van der Waals surface area contributed by atoms with Crippen molar-refractivity contribution in [1.29, 1.82) is 0 Å². The molecular weight excluding hydrogens is 286 g/mol. The summed E-state index contributed by atoms with van der Waals surface area (Å²) in [6.45, 7) is 1.35. The molecule has 0 atom stereocenters. The summed E-state index contributed by atoms with van der Waals surface area (Å²) in [4.78, 5) is 37.8. The summed E-state index contributed by atoms with van der Waals surface area (Å²) in [5.41, 5.74) is 0.920. The van der Waals surface area contributed by atoms with Crippen LogP contribution in [0.3, 0.4) is 0 Å². The van der Waals surface area contributed by atoms with E-state index in [1.807, 2.05) is 0 Å². The Kier molecular flexibility index (Phi) is 4.47. The number of aromatic carboxylic acids is 1. The lowest BCUT2D eigenvalue weighted by Crippen LogP contribution is -2.14. The molecule has 7 nitrogen and oxygen atoms in total. The molecule has 0 saturated heterocycles. The summed E-state index contributed by atoms with van der Waals surface area (Å²) < 4.78 is 0. The molecule has 1 heterocycles. The number of carbonyl (C=O) groups is 3. The molecular formula is C15H13N3O4. The van der Waals surface area contributed by atoms with Crippen LogP contribution in [0.1, 0.15) is 27.6 Å². The number of carboxylic acids is 1. The molecule has 0 aliphatic rings. The van der Waals surface area contributed by atoms with Crippen molar-refractivity contribution in [3.63, 3.8) is 0 Å². The minimum absolute atomic E-state index is 0.134. The predicted octanol–water partition coefficient (Wildman–Crippen LogP) is 1.99. The number of rotatable bonds is 4. The highest BCUT2D eigenvalue weighted by Gasteiger charge is 2.09. The highest BCUT2D eigenvalue weighted by Crippen LogP contribution is 2.13. The van der Waals surface area contributed by atoms with Gasteiger partial charge in [-0.1, -0.05) is 0 Å². The minimum atomic E-state index is -1.04. The average Bonchev–Trinajstić information content (AvgIpc) is 2.47. The van der Waals surface area contributed by atoms with Crippen molar-refractivity contribution < 1.29 is 19.5 Å². The van der Waals surface area contributed by atoms with Gasteiger partial charge in [0.2, 0.25) is 5.91 Å². The van der Waals surface area contributed by atoms with Gasteiger partial charge in [-0.2, -0.15) is 0 Å². The first kappa shape index (κ1) is 15.2. The van der Waals surface area contributed by atoms with Crippen molar-refractivity contribution in [2.24, 2.45) is 0 Å². The number of hydrogen-bond donors (Lipinski definition) is 3. The maximum absolute atomic E-state index is 12.1. The van der Waals surface area contributed by atoms with E-state index in [1.165, 1.54) is 49.5 Å². The lowest BCUT2D eigenvalue weighted by Gasteiger charge is -2.07. The van der Waals surface area contributed by atoms with E-state index in [4.69, 9.17) is 5.11 Å². The van der Waals surface area contributed by atoms with Gasteiger partial charge in [-0.15, -0.1) is 0 Å². The zero-order valence-corrected chi connectivity index (χ0v) is 11.7. The lowest BCUT2D eigenvalue weighted by molar-refractivity contribution is -0.114. The van der Waals surface area contributed by atoms with Crippen LogP contribution in [0.25, 0.3) is 0 Å². The second-order valence-corrected chi connectivity index (χ2v) is 4.45. The Morgan fingerprint density at radius 2 is 1.68 bits per heavy atom. The molecule has 0 aliphatic heterocycles. The fourth-order valence-corrected chi connectivity index (χ4v) is 1.72. The monoisotopic (exact) mass is 299 g/mol. The third kappa shape index (κ3) is 3.89.